The summed E-state index contributed by atoms with van der Waals surface area (Å²) in [5, 5.41) is 26.4. The van der Waals surface area contributed by atoms with E-state index in [0.717, 1.165) is 19.4 Å². The van der Waals surface area contributed by atoms with E-state index in [0.29, 0.717) is 19.5 Å². The van der Waals surface area contributed by atoms with Crippen LogP contribution in [0.5, 0.6) is 0 Å². The van der Waals surface area contributed by atoms with Crippen LogP contribution in [0.3, 0.4) is 0 Å². The molecule has 0 aromatic rings. The molecule has 0 heterocycles. The molecule has 0 rings (SSSR count). The molecule has 0 aromatic heterocycles. The van der Waals surface area contributed by atoms with Crippen LogP contribution in [-0.4, -0.2) is 59.0 Å². The monoisotopic (exact) mass is 600 g/mol. The maximum atomic E-state index is 10.3. The number of nitrogens with zero attached hydrogens (tertiary/aromatic N) is 1. The summed E-state index contributed by atoms with van der Waals surface area (Å²) < 4.78 is 0. The molecule has 0 unspecified atom stereocenters. The fourth-order valence-electron chi connectivity index (χ4n) is 5.62. The largest absolute Gasteiger partial charge is 0.481 e. The van der Waals surface area contributed by atoms with E-state index in [1.807, 2.05) is 0 Å². The highest BCUT2D eigenvalue weighted by atomic mass is 16.4. The SMILES string of the molecule is CCCCCCCCCCCCCCCCC(=O)O.CCCCCCCCCCCCCCCCN(CCO)CCO. The van der Waals surface area contributed by atoms with Crippen molar-refractivity contribution in [2.24, 2.45) is 0 Å². The molecule has 0 fully saturated rings. The number of aliphatic carboxylic acids is 1. The highest BCUT2D eigenvalue weighted by molar-refractivity contribution is 5.66. The highest BCUT2D eigenvalue weighted by Gasteiger charge is 2.02. The second kappa shape index (κ2) is 40.4. The van der Waals surface area contributed by atoms with E-state index in [4.69, 9.17) is 15.3 Å². The van der Waals surface area contributed by atoms with Gasteiger partial charge >= 0.3 is 5.97 Å². The van der Waals surface area contributed by atoms with Gasteiger partial charge in [-0.1, -0.05) is 181 Å². The van der Waals surface area contributed by atoms with Crippen molar-refractivity contribution in [1.29, 1.82) is 0 Å². The number of hydrogen-bond acceptors (Lipinski definition) is 4. The minimum absolute atomic E-state index is 0.193. The Morgan fingerprint density at radius 3 is 0.929 bits per heavy atom. The Morgan fingerprint density at radius 1 is 0.405 bits per heavy atom. The van der Waals surface area contributed by atoms with E-state index in [1.165, 1.54) is 167 Å². The van der Waals surface area contributed by atoms with E-state index in [9.17, 15) is 4.79 Å². The number of rotatable bonds is 34. The molecule has 0 aliphatic heterocycles. The molecule has 0 aromatic carbocycles. The fraction of sp³-hybridized carbons (Fsp3) is 0.973. The molecule has 0 amide bonds. The number of hydrogen-bond donors (Lipinski definition) is 3. The van der Waals surface area contributed by atoms with Crippen LogP contribution in [0.2, 0.25) is 0 Å². The van der Waals surface area contributed by atoms with Crippen LogP contribution in [0.1, 0.15) is 200 Å². The predicted octanol–water partition coefficient (Wildman–Crippen LogP) is 10.7. The lowest BCUT2D eigenvalue weighted by Crippen LogP contribution is -2.30. The Hall–Kier alpha value is -0.650. The Kier molecular flexibility index (Phi) is 41.8. The van der Waals surface area contributed by atoms with Crippen LogP contribution in [0.4, 0.5) is 0 Å². The molecule has 0 aliphatic rings. The summed E-state index contributed by atoms with van der Waals surface area (Å²) in [5.41, 5.74) is 0. The first-order valence-corrected chi connectivity index (χ1v) is 18.8. The Labute approximate surface area is 263 Å². The minimum atomic E-state index is -0.654. The van der Waals surface area contributed by atoms with Gasteiger partial charge in [0.05, 0.1) is 13.2 Å². The summed E-state index contributed by atoms with van der Waals surface area (Å²) in [6.07, 6.45) is 38.1. The predicted molar refractivity (Wildman–Crippen MR) is 183 cm³/mol. The molecule has 0 atom stereocenters. The molecule has 0 saturated carbocycles. The zero-order chi connectivity index (χ0) is 31.2. The van der Waals surface area contributed by atoms with Gasteiger partial charge in [-0.05, 0) is 19.4 Å². The zero-order valence-corrected chi connectivity index (χ0v) is 28.7. The van der Waals surface area contributed by atoms with Gasteiger partial charge < -0.3 is 15.3 Å². The van der Waals surface area contributed by atoms with Gasteiger partial charge in [-0.15, -0.1) is 0 Å². The molecule has 3 N–H and O–H groups in total. The molecular weight excluding hydrogens is 522 g/mol. The number of carbonyl (C=O) groups is 1. The minimum Gasteiger partial charge on any atom is -0.481 e. The molecular formula is C37H77NO4. The first-order chi connectivity index (χ1) is 20.6. The van der Waals surface area contributed by atoms with Gasteiger partial charge in [-0.3, -0.25) is 9.69 Å². The lowest BCUT2D eigenvalue weighted by Gasteiger charge is -2.19. The number of carboxylic acids is 1. The molecule has 0 bridgehead atoms. The van der Waals surface area contributed by atoms with Crippen LogP contribution < -0.4 is 0 Å². The first kappa shape index (κ1) is 43.5. The molecule has 42 heavy (non-hydrogen) atoms. The number of aliphatic hydroxyl groups excluding tert-OH is 2. The fourth-order valence-corrected chi connectivity index (χ4v) is 5.62. The van der Waals surface area contributed by atoms with Crippen LogP contribution >= 0.6 is 0 Å². The third kappa shape index (κ3) is 41.5. The molecule has 5 nitrogen and oxygen atoms in total. The Morgan fingerprint density at radius 2 is 0.667 bits per heavy atom. The second-order valence-electron chi connectivity index (χ2n) is 12.6. The summed E-state index contributed by atoms with van der Waals surface area (Å²) in [4.78, 5) is 12.5. The van der Waals surface area contributed by atoms with Gasteiger partial charge in [-0.25, -0.2) is 0 Å². The summed E-state index contributed by atoms with van der Waals surface area (Å²) in [6, 6.07) is 0. The lowest BCUT2D eigenvalue weighted by atomic mass is 10.0. The molecule has 0 saturated heterocycles. The molecule has 254 valence electrons. The van der Waals surface area contributed by atoms with Crippen molar-refractivity contribution in [3.63, 3.8) is 0 Å². The van der Waals surface area contributed by atoms with Gasteiger partial charge in [-0.2, -0.15) is 0 Å². The van der Waals surface area contributed by atoms with Crippen LogP contribution in [0.15, 0.2) is 0 Å². The van der Waals surface area contributed by atoms with Crippen molar-refractivity contribution < 1.29 is 20.1 Å². The van der Waals surface area contributed by atoms with E-state index in [-0.39, 0.29) is 13.2 Å². The summed E-state index contributed by atoms with van der Waals surface area (Å²) in [7, 11) is 0. The maximum Gasteiger partial charge on any atom is 0.303 e. The third-order valence-electron chi connectivity index (χ3n) is 8.40. The summed E-state index contributed by atoms with van der Waals surface area (Å²) >= 11 is 0. The van der Waals surface area contributed by atoms with Crippen molar-refractivity contribution in [1.82, 2.24) is 4.90 Å². The topological polar surface area (TPSA) is 81.0 Å². The normalized spacial score (nSPS) is 11.2. The van der Waals surface area contributed by atoms with Gasteiger partial charge in [0.25, 0.3) is 0 Å². The van der Waals surface area contributed by atoms with Crippen molar-refractivity contribution in [3.8, 4) is 0 Å². The van der Waals surface area contributed by atoms with E-state index in [2.05, 4.69) is 18.7 Å². The van der Waals surface area contributed by atoms with Crippen LogP contribution in [0.25, 0.3) is 0 Å². The van der Waals surface area contributed by atoms with Gasteiger partial charge in [0.2, 0.25) is 0 Å². The molecule has 0 spiro atoms. The third-order valence-corrected chi connectivity index (χ3v) is 8.40. The standard InChI is InChI=1S/C20H43NO2.C17H34O2/c1-2-3-4-5-6-7-8-9-10-11-12-13-14-15-16-21(17-19-22)18-20-23;1-2-3-4-5-6-7-8-9-10-11-12-13-14-15-16-17(18)19/h22-23H,2-20H2,1H3;2-16H2,1H3,(H,18,19). The number of unbranched alkanes of at least 4 members (excludes halogenated alkanes) is 26. The smallest absolute Gasteiger partial charge is 0.303 e. The number of aliphatic hydroxyl groups is 2. The molecule has 5 heteroatoms. The molecule has 0 aliphatic carbocycles. The first-order valence-electron chi connectivity index (χ1n) is 18.8. The van der Waals surface area contributed by atoms with E-state index < -0.39 is 5.97 Å². The average molecular weight is 600 g/mol. The van der Waals surface area contributed by atoms with Crippen molar-refractivity contribution >= 4 is 5.97 Å². The van der Waals surface area contributed by atoms with E-state index in [1.54, 1.807) is 0 Å². The van der Waals surface area contributed by atoms with Crippen molar-refractivity contribution in [2.45, 2.75) is 200 Å². The zero-order valence-electron chi connectivity index (χ0n) is 28.7. The summed E-state index contributed by atoms with van der Waals surface area (Å²) in [5.74, 6) is -0.654. The maximum absolute atomic E-state index is 10.3. The van der Waals surface area contributed by atoms with Gasteiger partial charge in [0, 0.05) is 19.5 Å². The van der Waals surface area contributed by atoms with Crippen LogP contribution in [-0.2, 0) is 4.79 Å². The Balaban J connectivity index is 0. The molecule has 0 radical (unpaired) electrons. The quantitative estimate of drug-likeness (QED) is 0.0641. The second-order valence-corrected chi connectivity index (χ2v) is 12.6. The lowest BCUT2D eigenvalue weighted by molar-refractivity contribution is -0.137. The summed E-state index contributed by atoms with van der Waals surface area (Å²) in [6.45, 7) is 7.33. The van der Waals surface area contributed by atoms with Crippen LogP contribution in [0, 0.1) is 0 Å². The van der Waals surface area contributed by atoms with Crippen molar-refractivity contribution in [3.05, 3.63) is 0 Å². The van der Waals surface area contributed by atoms with E-state index >= 15 is 0 Å². The average Bonchev–Trinajstić information content (AvgIpc) is 2.98. The van der Waals surface area contributed by atoms with Crippen molar-refractivity contribution in [2.75, 3.05) is 32.8 Å². The highest BCUT2D eigenvalue weighted by Crippen LogP contribution is 2.14. The van der Waals surface area contributed by atoms with Gasteiger partial charge in [0.1, 0.15) is 0 Å². The Bertz CT molecular complexity index is 482. The van der Waals surface area contributed by atoms with Gasteiger partial charge in [0.15, 0.2) is 0 Å². The number of carboxylic acid groups (broad SMARTS) is 1.